The molecule has 0 aliphatic carbocycles. The second-order valence-corrected chi connectivity index (χ2v) is 19.7. The maximum atomic E-state index is 13.0. The number of hydrogen-bond acceptors (Lipinski definition) is 8. The van der Waals surface area contributed by atoms with Gasteiger partial charge in [-0.2, -0.15) is 0 Å². The second-order valence-electron chi connectivity index (χ2n) is 19.7. The highest BCUT2D eigenvalue weighted by Crippen LogP contribution is 2.23. The Hall–Kier alpha value is -1.07. The fraction of sp³-hybridized carbons (Fsp3) is 0.945. The van der Waals surface area contributed by atoms with Crippen molar-refractivity contribution in [2.24, 2.45) is 0 Å². The Morgan fingerprint density at radius 1 is 0.516 bits per heavy atom. The monoisotopic (exact) mass is 910 g/mol. The molecule has 0 radical (unpaired) electrons. The van der Waals surface area contributed by atoms with Crippen LogP contribution in [0.5, 0.6) is 0 Å². The molecule has 0 bridgehead atoms. The van der Waals surface area contributed by atoms with Gasteiger partial charge in [-0.3, -0.25) is 4.79 Å². The van der Waals surface area contributed by atoms with E-state index >= 15 is 0 Å². The summed E-state index contributed by atoms with van der Waals surface area (Å²) in [7, 11) is 0. The molecule has 1 saturated heterocycles. The quantitative estimate of drug-likeness (QED) is 0.0261. The summed E-state index contributed by atoms with van der Waals surface area (Å²) in [5, 5.41) is 54.5. The minimum absolute atomic E-state index is 0.134. The molecule has 380 valence electrons. The Labute approximate surface area is 395 Å². The Morgan fingerprint density at radius 2 is 0.875 bits per heavy atom. The van der Waals surface area contributed by atoms with Crippen LogP contribution in [-0.4, -0.2) is 87.5 Å². The Bertz CT molecular complexity index is 1010. The highest BCUT2D eigenvalue weighted by Gasteiger charge is 2.44. The van der Waals surface area contributed by atoms with Gasteiger partial charge in [-0.1, -0.05) is 244 Å². The van der Waals surface area contributed by atoms with E-state index < -0.39 is 49.5 Å². The molecular formula is C55H107NO8. The maximum absolute atomic E-state index is 13.0. The molecule has 6 N–H and O–H groups in total. The SMILES string of the molecule is CCCCCCCCCCCCCC/C=C\CCCCCCCCCCCCCCC(=O)NC(COC1OC(CO)C(O)C(O)C1O)C(O)CCCCCCCCCCCCCCC. The molecule has 9 nitrogen and oxygen atoms in total. The number of rotatable bonds is 48. The lowest BCUT2D eigenvalue weighted by Gasteiger charge is -2.40. The van der Waals surface area contributed by atoms with E-state index in [4.69, 9.17) is 9.47 Å². The summed E-state index contributed by atoms with van der Waals surface area (Å²) in [5.41, 5.74) is 0. The summed E-state index contributed by atoms with van der Waals surface area (Å²) in [4.78, 5) is 13.0. The number of carbonyl (C=O) groups is 1. The molecule has 1 fully saturated rings. The highest BCUT2D eigenvalue weighted by atomic mass is 16.7. The van der Waals surface area contributed by atoms with Crippen molar-refractivity contribution >= 4 is 5.91 Å². The van der Waals surface area contributed by atoms with E-state index in [0.717, 1.165) is 38.5 Å². The van der Waals surface area contributed by atoms with Crippen molar-refractivity contribution in [3.05, 3.63) is 12.2 Å². The topological polar surface area (TPSA) is 149 Å². The van der Waals surface area contributed by atoms with Crippen LogP contribution in [0.4, 0.5) is 0 Å². The third kappa shape index (κ3) is 35.1. The van der Waals surface area contributed by atoms with Gasteiger partial charge >= 0.3 is 0 Å². The number of aliphatic hydroxyl groups is 5. The van der Waals surface area contributed by atoms with E-state index in [1.54, 1.807) is 0 Å². The van der Waals surface area contributed by atoms with Crippen LogP contribution in [0.3, 0.4) is 0 Å². The molecule has 64 heavy (non-hydrogen) atoms. The normalized spacial score (nSPS) is 20.0. The number of allylic oxidation sites excluding steroid dienone is 2. The zero-order valence-electron chi connectivity index (χ0n) is 42.1. The first-order valence-electron chi connectivity index (χ1n) is 27.9. The van der Waals surface area contributed by atoms with Crippen molar-refractivity contribution in [3.8, 4) is 0 Å². The predicted molar refractivity (Wildman–Crippen MR) is 267 cm³/mol. The summed E-state index contributed by atoms with van der Waals surface area (Å²) in [6.07, 6.45) is 48.2. The van der Waals surface area contributed by atoms with Gasteiger partial charge in [0.05, 0.1) is 25.4 Å². The van der Waals surface area contributed by atoms with E-state index in [9.17, 15) is 30.3 Å². The minimum atomic E-state index is -1.55. The molecule has 1 heterocycles. The molecule has 0 spiro atoms. The van der Waals surface area contributed by atoms with Crippen molar-refractivity contribution in [2.75, 3.05) is 13.2 Å². The number of carbonyl (C=O) groups excluding carboxylic acids is 1. The van der Waals surface area contributed by atoms with Gasteiger partial charge in [-0.05, 0) is 38.5 Å². The number of aliphatic hydroxyl groups excluding tert-OH is 5. The fourth-order valence-electron chi connectivity index (χ4n) is 9.16. The first-order chi connectivity index (χ1) is 31.3. The summed E-state index contributed by atoms with van der Waals surface area (Å²) in [5.74, 6) is -0.141. The molecule has 0 saturated carbocycles. The van der Waals surface area contributed by atoms with Gasteiger partial charge in [0.15, 0.2) is 6.29 Å². The Balaban J connectivity index is 2.15. The van der Waals surface area contributed by atoms with Crippen molar-refractivity contribution < 1.29 is 39.8 Å². The van der Waals surface area contributed by atoms with Crippen LogP contribution < -0.4 is 5.32 Å². The molecule has 7 unspecified atom stereocenters. The molecule has 1 aliphatic rings. The van der Waals surface area contributed by atoms with E-state index in [2.05, 4.69) is 31.3 Å². The largest absolute Gasteiger partial charge is 0.394 e. The molecule has 9 heteroatoms. The van der Waals surface area contributed by atoms with Crippen molar-refractivity contribution in [3.63, 3.8) is 0 Å². The summed E-state index contributed by atoms with van der Waals surface area (Å²) >= 11 is 0. The Morgan fingerprint density at radius 3 is 1.27 bits per heavy atom. The molecule has 1 aliphatic heterocycles. The fourth-order valence-corrected chi connectivity index (χ4v) is 9.16. The van der Waals surface area contributed by atoms with Gasteiger partial charge in [0.25, 0.3) is 0 Å². The maximum Gasteiger partial charge on any atom is 0.220 e. The van der Waals surface area contributed by atoms with Crippen LogP contribution in [0.25, 0.3) is 0 Å². The van der Waals surface area contributed by atoms with Crippen LogP contribution in [-0.2, 0) is 14.3 Å². The molecule has 1 rings (SSSR count). The van der Waals surface area contributed by atoms with Crippen LogP contribution in [0, 0.1) is 0 Å². The average molecular weight is 910 g/mol. The number of amides is 1. The van der Waals surface area contributed by atoms with Gasteiger partial charge in [-0.15, -0.1) is 0 Å². The van der Waals surface area contributed by atoms with E-state index in [0.29, 0.717) is 12.8 Å². The molecular weight excluding hydrogens is 803 g/mol. The average Bonchev–Trinajstić information content (AvgIpc) is 3.29. The lowest BCUT2D eigenvalue weighted by atomic mass is 9.99. The number of unbranched alkanes of at least 4 members (excludes halogenated alkanes) is 36. The standard InChI is InChI=1S/C55H107NO8/c1-3-5-7-9-11-13-15-17-18-19-20-21-22-23-24-25-26-27-28-29-30-31-33-35-37-39-41-43-45-51(59)56-48(47-63-55-54(62)53(61)52(60)50(46-57)64-55)49(58)44-42-40-38-36-34-32-16-14-12-10-8-6-4-2/h23-24,48-50,52-55,57-58,60-62H,3-22,25-47H2,1-2H3,(H,56,59)/b24-23-. The minimum Gasteiger partial charge on any atom is -0.394 e. The number of nitrogens with one attached hydrogen (secondary N) is 1. The zero-order chi connectivity index (χ0) is 46.6. The predicted octanol–water partition coefficient (Wildman–Crippen LogP) is 13.2. The van der Waals surface area contributed by atoms with Gasteiger partial charge < -0.3 is 40.3 Å². The lowest BCUT2D eigenvalue weighted by molar-refractivity contribution is -0.302. The van der Waals surface area contributed by atoms with Crippen LogP contribution >= 0.6 is 0 Å². The van der Waals surface area contributed by atoms with E-state index in [1.807, 2.05) is 0 Å². The van der Waals surface area contributed by atoms with Crippen LogP contribution in [0.1, 0.15) is 277 Å². The first-order valence-corrected chi connectivity index (χ1v) is 27.9. The summed E-state index contributed by atoms with van der Waals surface area (Å²) in [6, 6.07) is -0.715. The third-order valence-corrected chi connectivity index (χ3v) is 13.6. The second kappa shape index (κ2) is 45.7. The van der Waals surface area contributed by atoms with Gasteiger partial charge in [-0.25, -0.2) is 0 Å². The molecule has 7 atom stereocenters. The van der Waals surface area contributed by atoms with Crippen LogP contribution in [0.2, 0.25) is 0 Å². The number of hydrogen-bond donors (Lipinski definition) is 6. The third-order valence-electron chi connectivity index (χ3n) is 13.6. The molecule has 0 aromatic carbocycles. The van der Waals surface area contributed by atoms with Gasteiger partial charge in [0.1, 0.15) is 24.4 Å². The highest BCUT2D eigenvalue weighted by molar-refractivity contribution is 5.76. The lowest BCUT2D eigenvalue weighted by Crippen LogP contribution is -2.60. The molecule has 1 amide bonds. The molecule has 0 aromatic heterocycles. The van der Waals surface area contributed by atoms with Gasteiger partial charge in [0, 0.05) is 6.42 Å². The molecule has 0 aromatic rings. The van der Waals surface area contributed by atoms with E-state index in [-0.39, 0.29) is 12.5 Å². The first kappa shape index (κ1) is 60.9. The van der Waals surface area contributed by atoms with Crippen molar-refractivity contribution in [1.82, 2.24) is 5.32 Å². The number of ether oxygens (including phenoxy) is 2. The summed E-state index contributed by atoms with van der Waals surface area (Å²) in [6.45, 7) is 3.86. The van der Waals surface area contributed by atoms with Crippen molar-refractivity contribution in [1.29, 1.82) is 0 Å². The van der Waals surface area contributed by atoms with Crippen LogP contribution in [0.15, 0.2) is 12.2 Å². The smallest absolute Gasteiger partial charge is 0.220 e. The Kier molecular flexibility index (Phi) is 43.5. The summed E-state index contributed by atoms with van der Waals surface area (Å²) < 4.78 is 11.3. The zero-order valence-corrected chi connectivity index (χ0v) is 42.1. The van der Waals surface area contributed by atoms with E-state index in [1.165, 1.54) is 212 Å². The van der Waals surface area contributed by atoms with Gasteiger partial charge in [0.2, 0.25) is 5.91 Å². The van der Waals surface area contributed by atoms with Crippen molar-refractivity contribution in [2.45, 2.75) is 320 Å².